The minimum atomic E-state index is -0.979. The Hall–Kier alpha value is -1.59. The van der Waals surface area contributed by atoms with Crippen molar-refractivity contribution in [3.05, 3.63) is 29.8 Å². The fourth-order valence-corrected chi connectivity index (χ4v) is 1.95. The van der Waals surface area contributed by atoms with Crippen molar-refractivity contribution < 1.29 is 14.6 Å². The quantitative estimate of drug-likeness (QED) is 0.788. The van der Waals surface area contributed by atoms with Crippen molar-refractivity contribution in [3.8, 4) is 5.75 Å². The highest BCUT2D eigenvalue weighted by Gasteiger charge is 2.24. The van der Waals surface area contributed by atoms with Gasteiger partial charge in [-0.15, -0.1) is 0 Å². The summed E-state index contributed by atoms with van der Waals surface area (Å²) in [5.41, 5.74) is 6.38. The number of carboxylic acid groups (broad SMARTS) is 1. The Morgan fingerprint density at radius 2 is 2.11 bits per heavy atom. The van der Waals surface area contributed by atoms with Gasteiger partial charge in [0.15, 0.2) is 0 Å². The second-order valence-corrected chi connectivity index (χ2v) is 4.75. The van der Waals surface area contributed by atoms with E-state index in [1.807, 2.05) is 24.3 Å². The zero-order valence-electron chi connectivity index (χ0n) is 10.4. The number of carboxylic acids is 1. The number of ether oxygens (including phenoxy) is 1. The topological polar surface area (TPSA) is 75.8 Å². The number of carbonyl (C=O) groups is 1. The van der Waals surface area contributed by atoms with Crippen LogP contribution in [0.2, 0.25) is 0 Å². The van der Waals surface area contributed by atoms with Gasteiger partial charge >= 0.3 is 5.97 Å². The molecule has 5 heteroatoms. The van der Waals surface area contributed by atoms with Crippen LogP contribution in [0.5, 0.6) is 5.75 Å². The molecule has 2 rings (SSSR count). The van der Waals surface area contributed by atoms with Gasteiger partial charge in [-0.05, 0) is 31.2 Å². The van der Waals surface area contributed by atoms with Crippen molar-refractivity contribution >= 4 is 5.97 Å². The minimum absolute atomic E-state index is 0.266. The Morgan fingerprint density at radius 1 is 1.50 bits per heavy atom. The van der Waals surface area contributed by atoms with Crippen LogP contribution in [0, 0.1) is 0 Å². The van der Waals surface area contributed by atoms with Crippen LogP contribution in [-0.2, 0) is 11.2 Å². The Morgan fingerprint density at radius 3 is 2.61 bits per heavy atom. The number of rotatable bonds is 5. The number of benzene rings is 1. The van der Waals surface area contributed by atoms with Gasteiger partial charge < -0.3 is 15.6 Å². The van der Waals surface area contributed by atoms with E-state index in [-0.39, 0.29) is 6.10 Å². The lowest BCUT2D eigenvalue weighted by Crippen LogP contribution is -2.51. The second kappa shape index (κ2) is 5.37. The van der Waals surface area contributed by atoms with E-state index >= 15 is 0 Å². The highest BCUT2D eigenvalue weighted by atomic mass is 16.5. The van der Waals surface area contributed by atoms with Gasteiger partial charge in [0.1, 0.15) is 17.9 Å². The highest BCUT2D eigenvalue weighted by Crippen LogP contribution is 2.18. The molecule has 1 aromatic rings. The number of likely N-dealkylation sites (N-methyl/N-ethyl adjacent to an activating group) is 1. The first-order valence-corrected chi connectivity index (χ1v) is 5.97. The number of nitrogens with zero attached hydrogens (tertiary/aromatic N) is 1. The first kappa shape index (κ1) is 12.9. The smallest absolute Gasteiger partial charge is 0.320 e. The summed E-state index contributed by atoms with van der Waals surface area (Å²) < 4.78 is 5.74. The van der Waals surface area contributed by atoms with Gasteiger partial charge in [0.2, 0.25) is 0 Å². The van der Waals surface area contributed by atoms with Crippen molar-refractivity contribution in [1.82, 2.24) is 4.90 Å². The third-order valence-corrected chi connectivity index (χ3v) is 3.03. The van der Waals surface area contributed by atoms with E-state index in [0.29, 0.717) is 6.42 Å². The lowest BCUT2D eigenvalue weighted by Gasteiger charge is -2.36. The van der Waals surface area contributed by atoms with E-state index in [2.05, 4.69) is 11.9 Å². The van der Waals surface area contributed by atoms with Gasteiger partial charge in [0, 0.05) is 13.1 Å². The lowest BCUT2D eigenvalue weighted by molar-refractivity contribution is -0.138. The number of likely N-dealkylation sites (tertiary alicyclic amines) is 1. The molecule has 1 aromatic carbocycles. The zero-order chi connectivity index (χ0) is 13.1. The fraction of sp³-hybridized carbons (Fsp3) is 0.462. The molecule has 0 radical (unpaired) electrons. The average Bonchev–Trinajstić information content (AvgIpc) is 2.29. The molecule has 3 N–H and O–H groups in total. The van der Waals surface area contributed by atoms with Crippen LogP contribution < -0.4 is 10.5 Å². The number of hydrogen-bond acceptors (Lipinski definition) is 4. The molecular weight excluding hydrogens is 232 g/mol. The minimum Gasteiger partial charge on any atom is -0.488 e. The van der Waals surface area contributed by atoms with Crippen molar-refractivity contribution in [2.45, 2.75) is 18.6 Å². The summed E-state index contributed by atoms with van der Waals surface area (Å²) in [6.07, 6.45) is 0.601. The summed E-state index contributed by atoms with van der Waals surface area (Å²) in [5.74, 6) is -0.159. The number of hydrogen-bond donors (Lipinski definition) is 2. The Bertz CT molecular complexity index is 413. The summed E-state index contributed by atoms with van der Waals surface area (Å²) in [7, 11) is 2.05. The zero-order valence-corrected chi connectivity index (χ0v) is 10.4. The molecule has 1 saturated heterocycles. The van der Waals surface area contributed by atoms with Crippen LogP contribution in [0.1, 0.15) is 5.56 Å². The standard InChI is InChI=1S/C13H18N2O3/c1-15-7-11(8-15)18-10-4-2-9(3-5-10)6-12(14)13(16)17/h2-5,11-12H,6-8,14H2,1H3,(H,16,17). The second-order valence-electron chi connectivity index (χ2n) is 4.75. The van der Waals surface area contributed by atoms with Crippen LogP contribution in [0.4, 0.5) is 0 Å². The molecular formula is C13H18N2O3. The first-order valence-electron chi connectivity index (χ1n) is 5.97. The summed E-state index contributed by atoms with van der Waals surface area (Å²) >= 11 is 0. The molecule has 1 heterocycles. The third kappa shape index (κ3) is 3.21. The predicted molar refractivity (Wildman–Crippen MR) is 67.7 cm³/mol. The molecule has 18 heavy (non-hydrogen) atoms. The van der Waals surface area contributed by atoms with Crippen LogP contribution in [-0.4, -0.2) is 48.3 Å². The molecule has 1 aliphatic rings. The maximum atomic E-state index is 10.6. The molecule has 1 fully saturated rings. The highest BCUT2D eigenvalue weighted by molar-refractivity contribution is 5.73. The fourth-order valence-electron chi connectivity index (χ4n) is 1.95. The molecule has 0 amide bonds. The maximum Gasteiger partial charge on any atom is 0.320 e. The Kier molecular flexibility index (Phi) is 3.84. The molecule has 98 valence electrons. The van der Waals surface area contributed by atoms with Gasteiger partial charge in [0.25, 0.3) is 0 Å². The van der Waals surface area contributed by atoms with Crippen LogP contribution in [0.25, 0.3) is 0 Å². The van der Waals surface area contributed by atoms with Crippen LogP contribution in [0.3, 0.4) is 0 Å². The summed E-state index contributed by atoms with van der Waals surface area (Å²) in [6, 6.07) is 6.60. The number of aliphatic carboxylic acids is 1. The molecule has 5 nitrogen and oxygen atoms in total. The van der Waals surface area contributed by atoms with Crippen molar-refractivity contribution in [2.75, 3.05) is 20.1 Å². The lowest BCUT2D eigenvalue weighted by atomic mass is 10.1. The van der Waals surface area contributed by atoms with Gasteiger partial charge in [-0.25, -0.2) is 0 Å². The summed E-state index contributed by atoms with van der Waals surface area (Å²) in [4.78, 5) is 12.8. The van der Waals surface area contributed by atoms with Crippen molar-refractivity contribution in [2.24, 2.45) is 5.73 Å². The Balaban J connectivity index is 1.87. The van der Waals surface area contributed by atoms with E-state index < -0.39 is 12.0 Å². The van der Waals surface area contributed by atoms with E-state index in [4.69, 9.17) is 15.6 Å². The van der Waals surface area contributed by atoms with Crippen molar-refractivity contribution in [1.29, 1.82) is 0 Å². The molecule has 0 aliphatic carbocycles. The molecule has 1 unspecified atom stereocenters. The van der Waals surface area contributed by atoms with Gasteiger partial charge in [-0.3, -0.25) is 9.69 Å². The molecule has 0 aromatic heterocycles. The predicted octanol–water partition coefficient (Wildman–Crippen LogP) is 0.334. The van der Waals surface area contributed by atoms with Crippen LogP contribution in [0.15, 0.2) is 24.3 Å². The van der Waals surface area contributed by atoms with E-state index in [9.17, 15) is 4.79 Å². The SMILES string of the molecule is CN1CC(Oc2ccc(CC(N)C(=O)O)cc2)C1. The largest absolute Gasteiger partial charge is 0.488 e. The van der Waals surface area contributed by atoms with Crippen LogP contribution >= 0.6 is 0 Å². The molecule has 0 spiro atoms. The van der Waals surface area contributed by atoms with E-state index in [1.165, 1.54) is 0 Å². The number of nitrogens with two attached hydrogens (primary N) is 1. The van der Waals surface area contributed by atoms with Crippen molar-refractivity contribution in [3.63, 3.8) is 0 Å². The molecule has 1 aliphatic heterocycles. The molecule has 0 bridgehead atoms. The normalized spacial score (nSPS) is 18.1. The molecule has 0 saturated carbocycles. The average molecular weight is 250 g/mol. The maximum absolute atomic E-state index is 10.6. The van der Waals surface area contributed by atoms with Gasteiger partial charge in [0.05, 0.1) is 0 Å². The van der Waals surface area contributed by atoms with Gasteiger partial charge in [-0.2, -0.15) is 0 Å². The monoisotopic (exact) mass is 250 g/mol. The first-order chi connectivity index (χ1) is 8.54. The summed E-state index contributed by atoms with van der Waals surface area (Å²) in [6.45, 7) is 1.90. The van der Waals surface area contributed by atoms with E-state index in [1.54, 1.807) is 0 Å². The van der Waals surface area contributed by atoms with Gasteiger partial charge in [-0.1, -0.05) is 12.1 Å². The van der Waals surface area contributed by atoms with E-state index in [0.717, 1.165) is 24.4 Å². The third-order valence-electron chi connectivity index (χ3n) is 3.03. The Labute approximate surface area is 106 Å². The molecule has 1 atom stereocenters. The summed E-state index contributed by atoms with van der Waals surface area (Å²) in [5, 5.41) is 8.73.